The molecule has 2 rings (SSSR count). The van der Waals surface area contributed by atoms with Gasteiger partial charge in [-0.25, -0.2) is 0 Å². The summed E-state index contributed by atoms with van der Waals surface area (Å²) in [5.41, 5.74) is 8.83. The first kappa shape index (κ1) is 11.5. The summed E-state index contributed by atoms with van der Waals surface area (Å²) in [6, 6.07) is 6.37. The molecule has 1 aromatic rings. The van der Waals surface area contributed by atoms with Crippen LogP contribution in [0.5, 0.6) is 5.75 Å². The highest BCUT2D eigenvalue weighted by Crippen LogP contribution is 2.48. The average Bonchev–Trinajstić information content (AvgIpc) is 2.24. The zero-order valence-electron chi connectivity index (χ0n) is 10.3. The van der Waals surface area contributed by atoms with Crippen molar-refractivity contribution in [3.63, 3.8) is 0 Å². The maximum Gasteiger partial charge on any atom is 0.122 e. The molecule has 0 atom stereocenters. The van der Waals surface area contributed by atoms with E-state index in [1.54, 1.807) is 7.11 Å². The fourth-order valence-corrected chi connectivity index (χ4v) is 2.94. The Bertz CT molecular complexity index is 369. The second-order valence-corrected chi connectivity index (χ2v) is 4.81. The number of methoxy groups -OCH3 is 1. The van der Waals surface area contributed by atoms with Crippen molar-refractivity contribution in [3.05, 3.63) is 29.3 Å². The highest BCUT2D eigenvalue weighted by molar-refractivity contribution is 5.44. The third-order valence-corrected chi connectivity index (χ3v) is 4.01. The minimum Gasteiger partial charge on any atom is -0.496 e. The zero-order valence-corrected chi connectivity index (χ0v) is 10.3. The molecule has 1 saturated carbocycles. The van der Waals surface area contributed by atoms with Crippen molar-refractivity contribution in [2.75, 3.05) is 13.7 Å². The largest absolute Gasteiger partial charge is 0.496 e. The van der Waals surface area contributed by atoms with Crippen LogP contribution in [0.15, 0.2) is 18.2 Å². The lowest BCUT2D eigenvalue weighted by atomic mass is 9.61. The Hall–Kier alpha value is -1.02. The van der Waals surface area contributed by atoms with E-state index in [0.717, 1.165) is 18.7 Å². The predicted octanol–water partition coefficient (Wildman–Crippen LogP) is 2.77. The van der Waals surface area contributed by atoms with Gasteiger partial charge >= 0.3 is 0 Å². The van der Waals surface area contributed by atoms with Crippen LogP contribution in [0.4, 0.5) is 0 Å². The van der Waals surface area contributed by atoms with Gasteiger partial charge in [0.15, 0.2) is 0 Å². The van der Waals surface area contributed by atoms with Gasteiger partial charge in [0, 0.05) is 0 Å². The van der Waals surface area contributed by atoms with Crippen LogP contribution in [-0.2, 0) is 5.41 Å². The summed E-state index contributed by atoms with van der Waals surface area (Å²) in [6.07, 6.45) is 4.98. The van der Waals surface area contributed by atoms with E-state index in [1.807, 2.05) is 6.07 Å². The lowest BCUT2D eigenvalue weighted by molar-refractivity contribution is 0.227. The summed E-state index contributed by atoms with van der Waals surface area (Å²) in [5.74, 6) is 1.00. The summed E-state index contributed by atoms with van der Waals surface area (Å²) < 4.78 is 5.40. The van der Waals surface area contributed by atoms with Crippen LogP contribution in [0.2, 0.25) is 0 Å². The van der Waals surface area contributed by atoms with E-state index in [1.165, 1.54) is 30.4 Å². The molecule has 0 saturated heterocycles. The topological polar surface area (TPSA) is 35.2 Å². The van der Waals surface area contributed by atoms with Crippen molar-refractivity contribution >= 4 is 0 Å². The van der Waals surface area contributed by atoms with Crippen molar-refractivity contribution in [2.24, 2.45) is 5.73 Å². The van der Waals surface area contributed by atoms with Gasteiger partial charge in [0.2, 0.25) is 0 Å². The first-order valence-corrected chi connectivity index (χ1v) is 6.08. The molecule has 2 nitrogen and oxygen atoms in total. The molecular formula is C14H21NO. The first-order valence-electron chi connectivity index (χ1n) is 6.08. The lowest BCUT2D eigenvalue weighted by Crippen LogP contribution is -2.37. The number of nitrogens with two attached hydrogens (primary N) is 1. The van der Waals surface area contributed by atoms with Crippen molar-refractivity contribution in [1.82, 2.24) is 0 Å². The molecule has 2 N–H and O–H groups in total. The molecule has 16 heavy (non-hydrogen) atoms. The SMILES string of the molecule is COc1cccc(C2(CCN)CCC2)c1C. The number of benzene rings is 1. The molecule has 0 heterocycles. The highest BCUT2D eigenvalue weighted by atomic mass is 16.5. The molecule has 1 aliphatic carbocycles. The van der Waals surface area contributed by atoms with Crippen LogP contribution >= 0.6 is 0 Å². The van der Waals surface area contributed by atoms with Crippen LogP contribution < -0.4 is 10.5 Å². The maximum atomic E-state index is 5.75. The fraction of sp³-hybridized carbons (Fsp3) is 0.571. The predicted molar refractivity (Wildman–Crippen MR) is 66.9 cm³/mol. The lowest BCUT2D eigenvalue weighted by Gasteiger charge is -2.43. The quantitative estimate of drug-likeness (QED) is 0.845. The van der Waals surface area contributed by atoms with E-state index in [-0.39, 0.29) is 0 Å². The van der Waals surface area contributed by atoms with Crippen LogP contribution in [-0.4, -0.2) is 13.7 Å². The molecule has 1 aliphatic rings. The highest BCUT2D eigenvalue weighted by Gasteiger charge is 2.39. The smallest absolute Gasteiger partial charge is 0.122 e. The molecule has 0 spiro atoms. The summed E-state index contributed by atoms with van der Waals surface area (Å²) in [5, 5.41) is 0. The molecule has 0 aliphatic heterocycles. The van der Waals surface area contributed by atoms with Crippen molar-refractivity contribution in [3.8, 4) is 5.75 Å². The molecule has 0 amide bonds. The van der Waals surface area contributed by atoms with Crippen LogP contribution in [0.1, 0.15) is 36.8 Å². The second-order valence-electron chi connectivity index (χ2n) is 4.81. The normalized spacial score (nSPS) is 17.9. The minimum atomic E-state index is 0.341. The molecule has 0 unspecified atom stereocenters. The van der Waals surface area contributed by atoms with Crippen LogP contribution in [0.25, 0.3) is 0 Å². The van der Waals surface area contributed by atoms with E-state index in [2.05, 4.69) is 19.1 Å². The Morgan fingerprint density at radius 2 is 2.12 bits per heavy atom. The monoisotopic (exact) mass is 219 g/mol. The van der Waals surface area contributed by atoms with Gasteiger partial charge in [-0.2, -0.15) is 0 Å². The van der Waals surface area contributed by atoms with Gasteiger partial charge in [0.25, 0.3) is 0 Å². The fourth-order valence-electron chi connectivity index (χ4n) is 2.94. The van der Waals surface area contributed by atoms with Gasteiger partial charge in [-0.15, -0.1) is 0 Å². The Morgan fingerprint density at radius 3 is 2.62 bits per heavy atom. The van der Waals surface area contributed by atoms with E-state index in [9.17, 15) is 0 Å². The summed E-state index contributed by atoms with van der Waals surface area (Å²) in [6.45, 7) is 2.93. The molecule has 0 radical (unpaired) electrons. The Labute approximate surface area is 97.8 Å². The van der Waals surface area contributed by atoms with Gasteiger partial charge in [-0.1, -0.05) is 18.6 Å². The van der Waals surface area contributed by atoms with Crippen LogP contribution in [0.3, 0.4) is 0 Å². The molecule has 88 valence electrons. The van der Waals surface area contributed by atoms with Gasteiger partial charge in [-0.05, 0) is 55.3 Å². The molecule has 1 fully saturated rings. The average molecular weight is 219 g/mol. The maximum absolute atomic E-state index is 5.75. The second kappa shape index (κ2) is 4.46. The third kappa shape index (κ3) is 1.71. The van der Waals surface area contributed by atoms with Crippen molar-refractivity contribution < 1.29 is 4.74 Å². The molecular weight excluding hydrogens is 198 g/mol. The Morgan fingerprint density at radius 1 is 1.38 bits per heavy atom. The van der Waals surface area contributed by atoms with Crippen molar-refractivity contribution in [1.29, 1.82) is 0 Å². The molecule has 1 aromatic carbocycles. The Kier molecular flexibility index (Phi) is 3.20. The summed E-state index contributed by atoms with van der Waals surface area (Å²) in [4.78, 5) is 0. The Balaban J connectivity index is 2.38. The van der Waals surface area contributed by atoms with E-state index in [4.69, 9.17) is 10.5 Å². The van der Waals surface area contributed by atoms with Gasteiger partial charge < -0.3 is 10.5 Å². The molecule has 0 bridgehead atoms. The van der Waals surface area contributed by atoms with E-state index < -0.39 is 0 Å². The third-order valence-electron chi connectivity index (χ3n) is 4.01. The van der Waals surface area contributed by atoms with Crippen LogP contribution in [0, 0.1) is 6.92 Å². The number of hydrogen-bond donors (Lipinski definition) is 1. The minimum absolute atomic E-state index is 0.341. The number of hydrogen-bond acceptors (Lipinski definition) is 2. The van der Waals surface area contributed by atoms with Crippen molar-refractivity contribution in [2.45, 2.75) is 38.0 Å². The van der Waals surface area contributed by atoms with Gasteiger partial charge in [0.05, 0.1) is 7.11 Å². The standard InChI is InChI=1S/C14H21NO/c1-11-12(5-3-6-13(11)16-2)14(9-10-15)7-4-8-14/h3,5-6H,4,7-10,15H2,1-2H3. The van der Waals surface area contributed by atoms with E-state index in [0.29, 0.717) is 5.41 Å². The summed E-state index contributed by atoms with van der Waals surface area (Å²) >= 11 is 0. The van der Waals surface area contributed by atoms with Gasteiger partial charge in [-0.3, -0.25) is 0 Å². The summed E-state index contributed by atoms with van der Waals surface area (Å²) in [7, 11) is 1.74. The number of rotatable bonds is 4. The van der Waals surface area contributed by atoms with Gasteiger partial charge in [0.1, 0.15) is 5.75 Å². The molecule has 2 heteroatoms. The van der Waals surface area contributed by atoms with E-state index >= 15 is 0 Å². The molecule has 0 aromatic heterocycles. The number of ether oxygens (including phenoxy) is 1. The zero-order chi connectivity index (χ0) is 11.6. The first-order chi connectivity index (χ1) is 7.73.